The van der Waals surface area contributed by atoms with E-state index >= 15 is 0 Å². The summed E-state index contributed by atoms with van der Waals surface area (Å²) >= 11 is 0. The van der Waals surface area contributed by atoms with E-state index in [9.17, 15) is 9.90 Å². The van der Waals surface area contributed by atoms with Crippen molar-refractivity contribution in [3.05, 3.63) is 66.2 Å². The van der Waals surface area contributed by atoms with Crippen LogP contribution in [0.4, 0.5) is 11.4 Å². The number of hydrogen-bond donors (Lipinski definition) is 3. The molecule has 0 aliphatic carbocycles. The van der Waals surface area contributed by atoms with E-state index in [1.54, 1.807) is 12.1 Å². The second-order valence-electron chi connectivity index (χ2n) is 6.43. The second-order valence-corrected chi connectivity index (χ2v) is 6.43. The van der Waals surface area contributed by atoms with Crippen LogP contribution in [0.1, 0.15) is 31.4 Å². The average Bonchev–Trinajstić information content (AvgIpc) is 2.67. The maximum absolute atomic E-state index is 10.7. The van der Waals surface area contributed by atoms with Crippen molar-refractivity contribution >= 4 is 28.1 Å². The number of aliphatic hydroxyl groups excluding tert-OH is 1. The van der Waals surface area contributed by atoms with Crippen LogP contribution in [-0.4, -0.2) is 22.8 Å². The Kier molecular flexibility index (Phi) is 5.94. The summed E-state index contributed by atoms with van der Waals surface area (Å²) in [5.41, 5.74) is 2.66. The van der Waals surface area contributed by atoms with Gasteiger partial charge in [-0.2, -0.15) is 0 Å². The van der Waals surface area contributed by atoms with Gasteiger partial charge in [0.2, 0.25) is 0 Å². The summed E-state index contributed by atoms with van der Waals surface area (Å²) in [6, 6.07) is 19.1. The van der Waals surface area contributed by atoms with E-state index in [-0.39, 0.29) is 6.61 Å². The molecule has 0 saturated heterocycles. The molecular formula is C22H23NO4. The molecule has 5 heteroatoms. The lowest BCUT2D eigenvalue weighted by atomic mass is 10.00. The summed E-state index contributed by atoms with van der Waals surface area (Å²) in [6.07, 6.45) is 1.23. The van der Waals surface area contributed by atoms with Crippen LogP contribution in [-0.2, 0) is 4.79 Å². The highest BCUT2D eigenvalue weighted by Crippen LogP contribution is 2.30. The Morgan fingerprint density at radius 3 is 2.70 bits per heavy atom. The van der Waals surface area contributed by atoms with E-state index < -0.39 is 12.1 Å². The number of carboxylic acid groups (broad SMARTS) is 1. The second kappa shape index (κ2) is 8.56. The highest BCUT2D eigenvalue weighted by atomic mass is 16.5. The Bertz CT molecular complexity index is 938. The van der Waals surface area contributed by atoms with Crippen LogP contribution >= 0.6 is 0 Å². The molecule has 0 aromatic heterocycles. The van der Waals surface area contributed by atoms with Crippen molar-refractivity contribution in [1.82, 2.24) is 0 Å². The predicted octanol–water partition coefficient (Wildman–Crippen LogP) is 4.88. The van der Waals surface area contributed by atoms with E-state index in [1.165, 1.54) is 0 Å². The molecule has 0 spiro atoms. The van der Waals surface area contributed by atoms with Crippen molar-refractivity contribution in [3.63, 3.8) is 0 Å². The van der Waals surface area contributed by atoms with Gasteiger partial charge in [-0.1, -0.05) is 43.7 Å². The van der Waals surface area contributed by atoms with Gasteiger partial charge in [-0.15, -0.1) is 0 Å². The van der Waals surface area contributed by atoms with Gasteiger partial charge in [0.05, 0.1) is 6.10 Å². The van der Waals surface area contributed by atoms with Crippen molar-refractivity contribution in [2.24, 2.45) is 0 Å². The predicted molar refractivity (Wildman–Crippen MR) is 107 cm³/mol. The fourth-order valence-corrected chi connectivity index (χ4v) is 3.02. The van der Waals surface area contributed by atoms with E-state index in [2.05, 4.69) is 12.2 Å². The summed E-state index contributed by atoms with van der Waals surface area (Å²) in [7, 11) is 0. The molecule has 1 unspecified atom stereocenters. The zero-order chi connectivity index (χ0) is 19.2. The standard InChI is InChI=1S/C22H23NO4/c1-2-5-21(24)16-10-11-19-15(12-16)6-3-9-20(19)23-17-7-4-8-18(13-17)27-14-22(25)26/h3-4,6-13,21,23-24H,2,5,14H2,1H3,(H,25,26). The number of carbonyl (C=O) groups is 1. The molecule has 0 heterocycles. The van der Waals surface area contributed by atoms with Gasteiger partial charge in [-0.05, 0) is 41.6 Å². The Morgan fingerprint density at radius 2 is 1.93 bits per heavy atom. The van der Waals surface area contributed by atoms with Crippen molar-refractivity contribution in [3.8, 4) is 5.75 Å². The molecule has 1 atom stereocenters. The number of aliphatic carboxylic acids is 1. The first-order valence-electron chi connectivity index (χ1n) is 8.99. The highest BCUT2D eigenvalue weighted by molar-refractivity contribution is 5.95. The number of rotatable bonds is 8. The van der Waals surface area contributed by atoms with Crippen molar-refractivity contribution in [2.45, 2.75) is 25.9 Å². The molecule has 140 valence electrons. The van der Waals surface area contributed by atoms with E-state index in [0.29, 0.717) is 5.75 Å². The molecule has 0 radical (unpaired) electrons. The van der Waals surface area contributed by atoms with E-state index in [0.717, 1.165) is 40.6 Å². The summed E-state index contributed by atoms with van der Waals surface area (Å²) in [6.45, 7) is 1.68. The van der Waals surface area contributed by atoms with Crippen LogP contribution in [0, 0.1) is 0 Å². The Hall–Kier alpha value is -3.05. The SMILES string of the molecule is CCCC(O)c1ccc2c(Nc3cccc(OCC(=O)O)c3)cccc2c1. The van der Waals surface area contributed by atoms with Crippen LogP contribution < -0.4 is 10.1 Å². The molecule has 3 aromatic rings. The Labute approximate surface area is 158 Å². The molecule has 0 fully saturated rings. The topological polar surface area (TPSA) is 78.8 Å². The van der Waals surface area contributed by atoms with Gasteiger partial charge in [0.1, 0.15) is 5.75 Å². The quantitative estimate of drug-likeness (QED) is 0.530. The summed E-state index contributed by atoms with van der Waals surface area (Å²) in [4.78, 5) is 10.7. The van der Waals surface area contributed by atoms with Crippen LogP contribution in [0.5, 0.6) is 5.75 Å². The fraction of sp³-hybridized carbons (Fsp3) is 0.227. The van der Waals surface area contributed by atoms with Crippen LogP contribution in [0.25, 0.3) is 10.8 Å². The number of fused-ring (bicyclic) bond motifs is 1. The number of hydrogen-bond acceptors (Lipinski definition) is 4. The Balaban J connectivity index is 1.85. The number of aliphatic hydroxyl groups is 1. The normalized spacial score (nSPS) is 11.9. The van der Waals surface area contributed by atoms with Gasteiger partial charge in [-0.25, -0.2) is 4.79 Å². The van der Waals surface area contributed by atoms with Crippen LogP contribution in [0.3, 0.4) is 0 Å². The fourth-order valence-electron chi connectivity index (χ4n) is 3.02. The lowest BCUT2D eigenvalue weighted by Gasteiger charge is -2.14. The maximum Gasteiger partial charge on any atom is 0.341 e. The molecular weight excluding hydrogens is 342 g/mol. The molecule has 5 nitrogen and oxygen atoms in total. The van der Waals surface area contributed by atoms with E-state index in [4.69, 9.17) is 9.84 Å². The third kappa shape index (κ3) is 4.77. The maximum atomic E-state index is 10.7. The van der Waals surface area contributed by atoms with Gasteiger partial charge < -0.3 is 20.3 Å². The lowest BCUT2D eigenvalue weighted by molar-refractivity contribution is -0.139. The molecule has 0 saturated carbocycles. The molecule has 0 bridgehead atoms. The minimum atomic E-state index is -1.01. The number of benzene rings is 3. The first kappa shape index (κ1) is 18.7. The number of anilines is 2. The number of ether oxygens (including phenoxy) is 1. The Morgan fingerprint density at radius 1 is 1.11 bits per heavy atom. The van der Waals surface area contributed by atoms with Gasteiger partial charge in [0.25, 0.3) is 0 Å². The first-order chi connectivity index (χ1) is 13.1. The molecule has 27 heavy (non-hydrogen) atoms. The van der Waals surface area contributed by atoms with Gasteiger partial charge >= 0.3 is 5.97 Å². The highest BCUT2D eigenvalue weighted by Gasteiger charge is 2.09. The molecule has 0 aliphatic rings. The molecule has 0 amide bonds. The third-order valence-corrected chi connectivity index (χ3v) is 4.33. The van der Waals surface area contributed by atoms with Gasteiger partial charge in [0.15, 0.2) is 6.61 Å². The lowest BCUT2D eigenvalue weighted by Crippen LogP contribution is -2.09. The zero-order valence-corrected chi connectivity index (χ0v) is 15.2. The summed E-state index contributed by atoms with van der Waals surface area (Å²) < 4.78 is 5.23. The van der Waals surface area contributed by atoms with Crippen molar-refractivity contribution in [1.29, 1.82) is 0 Å². The van der Waals surface area contributed by atoms with E-state index in [1.807, 2.05) is 48.5 Å². The van der Waals surface area contributed by atoms with Crippen molar-refractivity contribution < 1.29 is 19.7 Å². The summed E-state index contributed by atoms with van der Waals surface area (Å²) in [5, 5.41) is 24.4. The first-order valence-corrected chi connectivity index (χ1v) is 8.99. The van der Waals surface area contributed by atoms with Crippen LogP contribution in [0.2, 0.25) is 0 Å². The molecule has 3 rings (SSSR count). The number of carboxylic acids is 1. The zero-order valence-electron chi connectivity index (χ0n) is 15.2. The average molecular weight is 365 g/mol. The molecule has 3 N–H and O–H groups in total. The van der Waals surface area contributed by atoms with Gasteiger partial charge in [0, 0.05) is 22.8 Å². The van der Waals surface area contributed by atoms with Crippen LogP contribution in [0.15, 0.2) is 60.7 Å². The van der Waals surface area contributed by atoms with Gasteiger partial charge in [-0.3, -0.25) is 0 Å². The third-order valence-electron chi connectivity index (χ3n) is 4.33. The molecule has 3 aromatic carbocycles. The molecule has 0 aliphatic heterocycles. The monoisotopic (exact) mass is 365 g/mol. The minimum absolute atomic E-state index is 0.374. The number of nitrogens with one attached hydrogen (secondary N) is 1. The van der Waals surface area contributed by atoms with Crippen molar-refractivity contribution in [2.75, 3.05) is 11.9 Å². The largest absolute Gasteiger partial charge is 0.482 e. The smallest absolute Gasteiger partial charge is 0.341 e. The minimum Gasteiger partial charge on any atom is -0.482 e. The summed E-state index contributed by atoms with van der Waals surface area (Å²) in [5.74, 6) is -0.518.